The normalized spacial score (nSPS) is 20.9. The lowest BCUT2D eigenvalue weighted by Gasteiger charge is -2.33. The average Bonchev–Trinajstić information content (AvgIpc) is 3.29. The molecule has 0 fully saturated rings. The fourth-order valence-electron chi connectivity index (χ4n) is 4.07. The van der Waals surface area contributed by atoms with E-state index >= 15 is 0 Å². The molecule has 0 spiro atoms. The van der Waals surface area contributed by atoms with Crippen LogP contribution in [0.3, 0.4) is 0 Å². The zero-order chi connectivity index (χ0) is 22.0. The summed E-state index contributed by atoms with van der Waals surface area (Å²) in [4.78, 5) is 13.2. The summed E-state index contributed by atoms with van der Waals surface area (Å²) in [6, 6.07) is 29.6. The second-order valence-corrected chi connectivity index (χ2v) is 8.93. The number of fused-ring (bicyclic) bond motifs is 1. The number of benzene rings is 3. The molecule has 1 aliphatic carbocycles. The van der Waals surface area contributed by atoms with E-state index in [1.165, 1.54) is 5.56 Å². The van der Waals surface area contributed by atoms with Crippen molar-refractivity contribution in [1.82, 2.24) is 0 Å². The zero-order valence-corrected chi connectivity index (χ0v) is 18.1. The van der Waals surface area contributed by atoms with Gasteiger partial charge in [0, 0.05) is 15.5 Å². The van der Waals surface area contributed by atoms with Crippen molar-refractivity contribution in [3.63, 3.8) is 0 Å². The Hall–Kier alpha value is -3.47. The van der Waals surface area contributed by atoms with Crippen LogP contribution in [0, 0.1) is 0 Å². The number of carboxylic acid groups (broad SMARTS) is 1. The van der Waals surface area contributed by atoms with Gasteiger partial charge in [-0.05, 0) is 40.8 Å². The van der Waals surface area contributed by atoms with Crippen molar-refractivity contribution in [2.45, 2.75) is 17.6 Å². The van der Waals surface area contributed by atoms with E-state index in [1.807, 2.05) is 60.7 Å². The highest BCUT2D eigenvalue weighted by Gasteiger charge is 2.38. The summed E-state index contributed by atoms with van der Waals surface area (Å²) in [5, 5.41) is 11.1. The van der Waals surface area contributed by atoms with E-state index < -0.39 is 17.7 Å². The van der Waals surface area contributed by atoms with Crippen LogP contribution in [0.25, 0.3) is 10.1 Å². The molecule has 1 unspecified atom stereocenters. The smallest absolute Gasteiger partial charge is 0.337 e. The van der Waals surface area contributed by atoms with Crippen LogP contribution in [0.1, 0.15) is 28.0 Å². The van der Waals surface area contributed by atoms with Crippen LogP contribution in [0.15, 0.2) is 115 Å². The highest BCUT2D eigenvalue weighted by molar-refractivity contribution is 7.19. The van der Waals surface area contributed by atoms with Gasteiger partial charge in [0.15, 0.2) is 6.10 Å². The molecule has 0 bridgehead atoms. The molecule has 0 saturated heterocycles. The first-order valence-corrected chi connectivity index (χ1v) is 11.3. The van der Waals surface area contributed by atoms with Gasteiger partial charge in [0.1, 0.15) is 5.60 Å². The monoisotopic (exact) mass is 438 g/mol. The fourth-order valence-corrected chi connectivity index (χ4v) is 5.23. The first-order chi connectivity index (χ1) is 15.6. The Balaban J connectivity index is 1.58. The summed E-state index contributed by atoms with van der Waals surface area (Å²) in [5.41, 5.74) is 0.837. The number of rotatable bonds is 6. The molecular formula is C28H22O3S. The fraction of sp³-hybridized carbons (Fsp3) is 0.107. The van der Waals surface area contributed by atoms with E-state index in [4.69, 9.17) is 4.74 Å². The van der Waals surface area contributed by atoms with Crippen LogP contribution in [0.4, 0.5) is 0 Å². The molecule has 1 atom stereocenters. The first kappa shape index (κ1) is 20.4. The first-order valence-electron chi connectivity index (χ1n) is 10.5. The lowest BCUT2D eigenvalue weighted by Crippen LogP contribution is -2.31. The van der Waals surface area contributed by atoms with Crippen molar-refractivity contribution in [2.24, 2.45) is 0 Å². The number of carbonyl (C=O) groups is 1. The van der Waals surface area contributed by atoms with Gasteiger partial charge in [-0.2, -0.15) is 0 Å². The predicted molar refractivity (Wildman–Crippen MR) is 129 cm³/mol. The minimum Gasteiger partial charge on any atom is -0.479 e. The number of carboxylic acids is 1. The van der Waals surface area contributed by atoms with Crippen molar-refractivity contribution < 1.29 is 14.6 Å². The number of thiophene rings is 1. The van der Waals surface area contributed by atoms with Gasteiger partial charge in [-0.25, -0.2) is 4.79 Å². The summed E-state index contributed by atoms with van der Waals surface area (Å²) in [6.45, 7) is 0. The molecule has 4 heteroatoms. The van der Waals surface area contributed by atoms with Gasteiger partial charge in [0.25, 0.3) is 0 Å². The second-order valence-electron chi connectivity index (χ2n) is 7.84. The molecule has 1 N–H and O–H groups in total. The second kappa shape index (κ2) is 8.58. The Kier molecular flexibility index (Phi) is 5.48. The third-order valence-electron chi connectivity index (χ3n) is 5.74. The summed E-state index contributed by atoms with van der Waals surface area (Å²) >= 11 is 1.63. The number of hydrogen-bond acceptors (Lipinski definition) is 3. The van der Waals surface area contributed by atoms with Crippen molar-refractivity contribution in [1.29, 1.82) is 0 Å². The Bertz CT molecular complexity index is 1240. The maximum Gasteiger partial charge on any atom is 0.337 e. The molecule has 1 aromatic heterocycles. The molecule has 1 aliphatic rings. The van der Waals surface area contributed by atoms with Crippen molar-refractivity contribution in [2.75, 3.05) is 0 Å². The lowest BCUT2D eigenvalue weighted by molar-refractivity contribution is -0.158. The molecule has 1 heterocycles. The summed E-state index contributed by atoms with van der Waals surface area (Å²) in [7, 11) is 0. The summed E-state index contributed by atoms with van der Waals surface area (Å²) < 4.78 is 7.61. The Morgan fingerprint density at radius 3 is 2.16 bits per heavy atom. The number of hydrogen-bond donors (Lipinski definition) is 1. The van der Waals surface area contributed by atoms with Crippen LogP contribution >= 0.6 is 11.3 Å². The lowest BCUT2D eigenvalue weighted by atomic mass is 9.87. The zero-order valence-electron chi connectivity index (χ0n) is 17.3. The third kappa shape index (κ3) is 3.91. The van der Waals surface area contributed by atoms with Gasteiger partial charge >= 0.3 is 5.97 Å². The van der Waals surface area contributed by atoms with Gasteiger partial charge in [0.05, 0.1) is 0 Å². The molecular weight excluding hydrogens is 416 g/mol. The van der Waals surface area contributed by atoms with E-state index in [0.29, 0.717) is 5.56 Å². The van der Waals surface area contributed by atoms with Gasteiger partial charge in [-0.3, -0.25) is 0 Å². The summed E-state index contributed by atoms with van der Waals surface area (Å²) in [6.07, 6.45) is 7.12. The maximum atomic E-state index is 12.2. The Morgan fingerprint density at radius 2 is 1.50 bits per heavy atom. The third-order valence-corrected chi connectivity index (χ3v) is 6.99. The molecule has 5 rings (SSSR count). The molecule has 0 saturated carbocycles. The molecule has 0 radical (unpaired) electrons. The van der Waals surface area contributed by atoms with Gasteiger partial charge in [-0.15, -0.1) is 11.3 Å². The molecule has 158 valence electrons. The van der Waals surface area contributed by atoms with Crippen LogP contribution in [0.5, 0.6) is 0 Å². The predicted octanol–water partition coefficient (Wildman–Crippen LogP) is 6.85. The largest absolute Gasteiger partial charge is 0.479 e. The highest BCUT2D eigenvalue weighted by atomic mass is 32.1. The SMILES string of the molecule is O=C(O)C(OC1(c2cc3ccccc3s2)C=CC(c2ccccc2)C=C1)c1ccccc1. The van der Waals surface area contributed by atoms with Crippen LogP contribution < -0.4 is 0 Å². The minimum absolute atomic E-state index is 0.113. The molecule has 0 aliphatic heterocycles. The van der Waals surface area contributed by atoms with Crippen molar-refractivity contribution >= 4 is 27.4 Å². The molecule has 3 aromatic carbocycles. The number of allylic oxidation sites excluding steroid dienone is 2. The van der Waals surface area contributed by atoms with Crippen molar-refractivity contribution in [3.8, 4) is 0 Å². The highest BCUT2D eigenvalue weighted by Crippen LogP contribution is 2.44. The van der Waals surface area contributed by atoms with Crippen molar-refractivity contribution in [3.05, 3.63) is 131 Å². The standard InChI is InChI=1S/C28H22O3S/c29-27(30)26(22-11-5-2-6-12-22)31-28(25-19-23-13-7-8-14-24(23)32-25)17-15-21(16-18-28)20-9-3-1-4-10-20/h1-19,21,26H,(H,29,30). The molecule has 32 heavy (non-hydrogen) atoms. The van der Waals surface area contributed by atoms with Gasteiger partial charge in [0.2, 0.25) is 0 Å². The number of ether oxygens (including phenoxy) is 1. The van der Waals surface area contributed by atoms with E-state index in [2.05, 4.69) is 42.5 Å². The molecule has 3 nitrogen and oxygen atoms in total. The minimum atomic E-state index is -1.09. The van der Waals surface area contributed by atoms with Crippen LogP contribution in [-0.4, -0.2) is 11.1 Å². The Morgan fingerprint density at radius 1 is 0.875 bits per heavy atom. The van der Waals surface area contributed by atoms with E-state index in [0.717, 1.165) is 15.0 Å². The topological polar surface area (TPSA) is 46.5 Å². The molecule has 0 amide bonds. The molecule has 4 aromatic rings. The van der Waals surface area contributed by atoms with E-state index in [1.54, 1.807) is 23.5 Å². The Labute approximate surface area is 190 Å². The van der Waals surface area contributed by atoms with Crippen LogP contribution in [-0.2, 0) is 15.1 Å². The maximum absolute atomic E-state index is 12.2. The van der Waals surface area contributed by atoms with E-state index in [9.17, 15) is 9.90 Å². The number of aliphatic carboxylic acids is 1. The van der Waals surface area contributed by atoms with Gasteiger partial charge < -0.3 is 9.84 Å². The summed E-state index contributed by atoms with van der Waals surface area (Å²) in [5.74, 6) is -0.897. The van der Waals surface area contributed by atoms with E-state index in [-0.39, 0.29) is 5.92 Å². The quantitative estimate of drug-likeness (QED) is 0.335. The van der Waals surface area contributed by atoms with Gasteiger partial charge in [-0.1, -0.05) is 91.0 Å². The average molecular weight is 439 g/mol. The van der Waals surface area contributed by atoms with Crippen LogP contribution in [0.2, 0.25) is 0 Å².